The van der Waals surface area contributed by atoms with E-state index in [1.807, 2.05) is 13.0 Å². The number of aryl methyl sites for hydroxylation is 1. The number of ether oxygens (including phenoxy) is 1. The molecule has 2 atom stereocenters. The summed E-state index contributed by atoms with van der Waals surface area (Å²) < 4.78 is 5.55. The van der Waals surface area contributed by atoms with Crippen LogP contribution in [-0.2, 0) is 5.54 Å². The quantitative estimate of drug-likeness (QED) is 0.857. The van der Waals surface area contributed by atoms with Crippen LogP contribution in [0.3, 0.4) is 0 Å². The Morgan fingerprint density at radius 1 is 1.38 bits per heavy atom. The Bertz CT molecular complexity index is 714. The molecule has 2 unspecified atom stereocenters. The first-order valence-electron chi connectivity index (χ1n) is 7.54. The van der Waals surface area contributed by atoms with Gasteiger partial charge in [-0.3, -0.25) is 10.3 Å². The second kappa shape index (κ2) is 4.42. The van der Waals surface area contributed by atoms with Gasteiger partial charge in [-0.2, -0.15) is 0 Å². The third kappa shape index (κ3) is 1.93. The average molecular weight is 283 g/mol. The van der Waals surface area contributed by atoms with Gasteiger partial charge in [-0.05, 0) is 38.1 Å². The van der Waals surface area contributed by atoms with Crippen LogP contribution < -0.4 is 10.1 Å². The van der Waals surface area contributed by atoms with Crippen LogP contribution in [0.1, 0.15) is 17.7 Å². The number of likely N-dealkylation sites (tertiary alicyclic amines) is 1. The van der Waals surface area contributed by atoms with Crippen LogP contribution in [-0.4, -0.2) is 43.2 Å². The molecular formula is C17H21N3O. The number of methoxy groups -OCH3 is 1. The molecule has 21 heavy (non-hydrogen) atoms. The van der Waals surface area contributed by atoms with Gasteiger partial charge in [0.1, 0.15) is 5.75 Å². The molecule has 0 bridgehead atoms. The molecule has 0 spiro atoms. The van der Waals surface area contributed by atoms with E-state index in [1.54, 1.807) is 7.11 Å². The van der Waals surface area contributed by atoms with Gasteiger partial charge >= 0.3 is 0 Å². The second-order valence-corrected chi connectivity index (χ2v) is 6.38. The van der Waals surface area contributed by atoms with Crippen LogP contribution in [0.2, 0.25) is 0 Å². The molecule has 0 saturated carbocycles. The first-order chi connectivity index (χ1) is 10.1. The van der Waals surface area contributed by atoms with Gasteiger partial charge in [0, 0.05) is 36.3 Å². The van der Waals surface area contributed by atoms with Gasteiger partial charge < -0.3 is 9.64 Å². The summed E-state index contributed by atoms with van der Waals surface area (Å²) in [4.78, 5) is 7.01. The van der Waals surface area contributed by atoms with E-state index in [2.05, 4.69) is 40.4 Å². The summed E-state index contributed by atoms with van der Waals surface area (Å²) >= 11 is 0. The lowest BCUT2D eigenvalue weighted by Gasteiger charge is -2.27. The van der Waals surface area contributed by atoms with Gasteiger partial charge in [0.15, 0.2) is 0 Å². The summed E-state index contributed by atoms with van der Waals surface area (Å²) in [6.45, 7) is 4.27. The van der Waals surface area contributed by atoms with Gasteiger partial charge in [-0.1, -0.05) is 6.07 Å². The number of nitrogens with one attached hydrogen (secondary N) is 1. The minimum atomic E-state index is 0.177. The Balaban J connectivity index is 1.80. The predicted molar refractivity (Wildman–Crippen MR) is 83.7 cm³/mol. The lowest BCUT2D eigenvalue weighted by molar-refractivity contribution is 0.272. The van der Waals surface area contributed by atoms with Crippen molar-refractivity contribution in [1.29, 1.82) is 0 Å². The normalized spacial score (nSPS) is 28.4. The summed E-state index contributed by atoms with van der Waals surface area (Å²) in [5, 5.41) is 4.81. The molecule has 2 aliphatic heterocycles. The topological polar surface area (TPSA) is 47.3 Å². The molecule has 1 N–H and O–H groups in total. The number of likely N-dealkylation sites (N-methyl/N-ethyl adjacent to an activating group) is 1. The Morgan fingerprint density at radius 2 is 2.24 bits per heavy atom. The molecule has 2 aliphatic rings. The molecule has 4 nitrogen and oxygen atoms in total. The minimum absolute atomic E-state index is 0.177. The van der Waals surface area contributed by atoms with Crippen molar-refractivity contribution in [3.63, 3.8) is 0 Å². The van der Waals surface area contributed by atoms with Crippen molar-refractivity contribution in [2.24, 2.45) is 0 Å². The van der Waals surface area contributed by atoms with Crippen molar-refractivity contribution in [3.8, 4) is 5.75 Å². The summed E-state index contributed by atoms with van der Waals surface area (Å²) in [5.41, 5.74) is 3.55. The maximum absolute atomic E-state index is 5.55. The van der Waals surface area contributed by atoms with Gasteiger partial charge in [0.25, 0.3) is 0 Å². The van der Waals surface area contributed by atoms with Crippen LogP contribution >= 0.6 is 0 Å². The highest BCUT2D eigenvalue weighted by molar-refractivity contribution is 5.86. The van der Waals surface area contributed by atoms with E-state index in [-0.39, 0.29) is 5.54 Å². The number of rotatable bonds is 2. The number of pyridine rings is 1. The minimum Gasteiger partial charge on any atom is -0.496 e. The van der Waals surface area contributed by atoms with Crippen molar-refractivity contribution >= 4 is 10.9 Å². The van der Waals surface area contributed by atoms with Gasteiger partial charge in [-0.25, -0.2) is 0 Å². The van der Waals surface area contributed by atoms with Crippen LogP contribution in [0.25, 0.3) is 10.9 Å². The van der Waals surface area contributed by atoms with E-state index < -0.39 is 0 Å². The second-order valence-electron chi connectivity index (χ2n) is 6.38. The molecule has 4 heteroatoms. The third-order valence-corrected chi connectivity index (χ3v) is 4.96. The van der Waals surface area contributed by atoms with Crippen molar-refractivity contribution < 1.29 is 4.74 Å². The fourth-order valence-electron chi connectivity index (χ4n) is 3.68. The summed E-state index contributed by atoms with van der Waals surface area (Å²) in [6, 6.07) is 9.21. The Hall–Kier alpha value is -1.65. The first kappa shape index (κ1) is 13.0. The summed E-state index contributed by atoms with van der Waals surface area (Å²) in [7, 11) is 3.92. The number of hydrogen-bond acceptors (Lipinski definition) is 4. The van der Waals surface area contributed by atoms with Gasteiger partial charge in [0.05, 0.1) is 18.2 Å². The fraction of sp³-hybridized carbons (Fsp3) is 0.471. The van der Waals surface area contributed by atoms with Crippen LogP contribution in [0, 0.1) is 6.92 Å². The number of hydrogen-bond donors (Lipinski definition) is 1. The molecule has 2 aromatic rings. The zero-order chi connectivity index (χ0) is 14.6. The molecule has 1 aromatic carbocycles. The Kier molecular flexibility index (Phi) is 2.75. The van der Waals surface area contributed by atoms with Gasteiger partial charge in [-0.15, -0.1) is 0 Å². The predicted octanol–water partition coefficient (Wildman–Crippen LogP) is 2.05. The molecule has 0 amide bonds. The lowest BCUT2D eigenvalue weighted by Crippen LogP contribution is -2.35. The fourth-order valence-corrected chi connectivity index (χ4v) is 3.68. The van der Waals surface area contributed by atoms with E-state index in [0.717, 1.165) is 35.4 Å². The number of fused-ring (bicyclic) bond motifs is 2. The van der Waals surface area contributed by atoms with E-state index in [9.17, 15) is 0 Å². The molecule has 2 saturated heterocycles. The number of aromatic nitrogens is 1. The third-order valence-electron chi connectivity index (χ3n) is 4.96. The van der Waals surface area contributed by atoms with Gasteiger partial charge in [0.2, 0.25) is 0 Å². The van der Waals surface area contributed by atoms with E-state index in [1.165, 1.54) is 12.0 Å². The molecule has 0 radical (unpaired) electrons. The zero-order valence-electron chi connectivity index (χ0n) is 12.8. The lowest BCUT2D eigenvalue weighted by atomic mass is 9.88. The molecule has 110 valence electrons. The Morgan fingerprint density at radius 3 is 3.00 bits per heavy atom. The average Bonchev–Trinajstić information content (AvgIpc) is 3.20. The van der Waals surface area contributed by atoms with Crippen molar-refractivity contribution in [2.45, 2.75) is 24.9 Å². The largest absolute Gasteiger partial charge is 0.496 e. The maximum Gasteiger partial charge on any atom is 0.130 e. The molecule has 2 fully saturated rings. The highest BCUT2D eigenvalue weighted by Gasteiger charge is 2.56. The highest BCUT2D eigenvalue weighted by Crippen LogP contribution is 2.45. The SMILES string of the molecule is COc1cc(C)nc2ccc(C34CCN(C)CC3N4)cc12. The summed E-state index contributed by atoms with van der Waals surface area (Å²) in [5.74, 6) is 0.917. The number of nitrogens with zero attached hydrogens (tertiary/aromatic N) is 2. The summed E-state index contributed by atoms with van der Waals surface area (Å²) in [6.07, 6.45) is 1.17. The molecular weight excluding hydrogens is 262 g/mol. The Labute approximate surface area is 125 Å². The zero-order valence-corrected chi connectivity index (χ0v) is 12.8. The maximum atomic E-state index is 5.55. The number of benzene rings is 1. The van der Waals surface area contributed by atoms with E-state index >= 15 is 0 Å². The molecule has 0 aliphatic carbocycles. The molecule has 3 heterocycles. The smallest absolute Gasteiger partial charge is 0.130 e. The molecule has 4 rings (SSSR count). The van der Waals surface area contributed by atoms with Crippen molar-refractivity contribution in [3.05, 3.63) is 35.5 Å². The first-order valence-corrected chi connectivity index (χ1v) is 7.54. The van der Waals surface area contributed by atoms with Crippen LogP contribution in [0.4, 0.5) is 0 Å². The van der Waals surface area contributed by atoms with E-state index in [0.29, 0.717) is 6.04 Å². The molecule has 1 aromatic heterocycles. The van der Waals surface area contributed by atoms with E-state index in [4.69, 9.17) is 4.74 Å². The number of piperidine rings is 1. The highest BCUT2D eigenvalue weighted by atomic mass is 16.5. The monoisotopic (exact) mass is 283 g/mol. The standard InChI is InChI=1S/C17H21N3O/c1-11-8-15(21-3)13-9-12(4-5-14(13)18-11)17-6-7-20(2)10-16(17)19-17/h4-5,8-9,16,19H,6-7,10H2,1-3H3. The van der Waals surface area contributed by atoms with Crippen molar-refractivity contribution in [2.75, 3.05) is 27.2 Å². The van der Waals surface area contributed by atoms with Crippen LogP contribution in [0.15, 0.2) is 24.3 Å². The van der Waals surface area contributed by atoms with Crippen LogP contribution in [0.5, 0.6) is 5.75 Å². The van der Waals surface area contributed by atoms with Crippen molar-refractivity contribution in [1.82, 2.24) is 15.2 Å².